The second kappa shape index (κ2) is 5.35. The molecule has 1 fully saturated rings. The van der Waals surface area contributed by atoms with Crippen LogP contribution in [0.5, 0.6) is 0 Å². The standard InChI is InChI=1S/C14H21NO4/c1-10-8-11(19-12(10)13(16)18-3)9-15-6-4-14(2,17)5-7-15/h8,17H,4-7,9H2,1-3H3. The zero-order chi connectivity index (χ0) is 14.0. The average Bonchev–Trinajstić information content (AvgIpc) is 2.72. The third-order valence-corrected chi connectivity index (χ3v) is 3.65. The number of hydrogen-bond donors (Lipinski definition) is 1. The van der Waals surface area contributed by atoms with E-state index in [1.807, 2.05) is 19.9 Å². The highest BCUT2D eigenvalue weighted by Crippen LogP contribution is 2.24. The van der Waals surface area contributed by atoms with Gasteiger partial charge in [0.05, 0.1) is 19.3 Å². The number of rotatable bonds is 3. The Labute approximate surface area is 113 Å². The molecule has 0 aromatic carbocycles. The molecule has 106 valence electrons. The zero-order valence-electron chi connectivity index (χ0n) is 11.7. The van der Waals surface area contributed by atoms with E-state index in [0.29, 0.717) is 6.54 Å². The number of piperidine rings is 1. The molecule has 1 aromatic rings. The molecular formula is C14H21NO4. The van der Waals surface area contributed by atoms with Crippen molar-refractivity contribution in [2.24, 2.45) is 0 Å². The van der Waals surface area contributed by atoms with E-state index in [9.17, 15) is 9.90 Å². The Morgan fingerprint density at radius 1 is 1.53 bits per heavy atom. The van der Waals surface area contributed by atoms with Crippen molar-refractivity contribution < 1.29 is 19.1 Å². The lowest BCUT2D eigenvalue weighted by Gasteiger charge is -2.35. The van der Waals surface area contributed by atoms with Crippen LogP contribution >= 0.6 is 0 Å². The molecule has 0 saturated carbocycles. The predicted molar refractivity (Wildman–Crippen MR) is 69.9 cm³/mol. The van der Waals surface area contributed by atoms with Gasteiger partial charge in [0.15, 0.2) is 0 Å². The molecule has 0 aliphatic carbocycles. The van der Waals surface area contributed by atoms with Crippen molar-refractivity contribution in [3.05, 3.63) is 23.2 Å². The van der Waals surface area contributed by atoms with Crippen LogP contribution < -0.4 is 0 Å². The number of ether oxygens (including phenoxy) is 1. The molecule has 2 heterocycles. The number of carbonyl (C=O) groups excluding carboxylic acids is 1. The van der Waals surface area contributed by atoms with E-state index in [2.05, 4.69) is 9.64 Å². The first-order chi connectivity index (χ1) is 8.91. The summed E-state index contributed by atoms with van der Waals surface area (Å²) in [5.74, 6) is 0.603. The third kappa shape index (κ3) is 3.36. The third-order valence-electron chi connectivity index (χ3n) is 3.65. The van der Waals surface area contributed by atoms with Crippen LogP contribution in [0, 0.1) is 6.92 Å². The van der Waals surface area contributed by atoms with Gasteiger partial charge < -0.3 is 14.3 Å². The fourth-order valence-corrected chi connectivity index (χ4v) is 2.33. The average molecular weight is 267 g/mol. The molecule has 0 radical (unpaired) electrons. The summed E-state index contributed by atoms with van der Waals surface area (Å²) >= 11 is 0. The number of likely N-dealkylation sites (tertiary alicyclic amines) is 1. The molecule has 0 bridgehead atoms. The van der Waals surface area contributed by atoms with Crippen molar-refractivity contribution in [3.8, 4) is 0 Å². The van der Waals surface area contributed by atoms with Crippen LogP contribution in [0.25, 0.3) is 0 Å². The van der Waals surface area contributed by atoms with Gasteiger partial charge in [-0.1, -0.05) is 0 Å². The topological polar surface area (TPSA) is 62.9 Å². The lowest BCUT2D eigenvalue weighted by atomic mass is 9.94. The maximum Gasteiger partial charge on any atom is 0.374 e. The summed E-state index contributed by atoms with van der Waals surface area (Å²) in [4.78, 5) is 13.7. The molecule has 0 atom stereocenters. The van der Waals surface area contributed by atoms with Gasteiger partial charge in [0, 0.05) is 18.7 Å². The van der Waals surface area contributed by atoms with Crippen molar-refractivity contribution in [2.45, 2.75) is 38.8 Å². The minimum atomic E-state index is -0.549. The summed E-state index contributed by atoms with van der Waals surface area (Å²) in [5.41, 5.74) is 0.248. The summed E-state index contributed by atoms with van der Waals surface area (Å²) in [6.07, 6.45) is 1.52. The molecule has 1 N–H and O–H groups in total. The van der Waals surface area contributed by atoms with E-state index < -0.39 is 11.6 Å². The van der Waals surface area contributed by atoms with Gasteiger partial charge in [0.2, 0.25) is 5.76 Å². The van der Waals surface area contributed by atoms with E-state index in [4.69, 9.17) is 4.42 Å². The molecule has 1 saturated heterocycles. The van der Waals surface area contributed by atoms with Crippen LogP contribution in [0.3, 0.4) is 0 Å². The summed E-state index contributed by atoms with van der Waals surface area (Å²) in [5, 5.41) is 9.90. The van der Waals surface area contributed by atoms with Gasteiger partial charge in [-0.25, -0.2) is 4.79 Å². The second-order valence-electron chi connectivity index (χ2n) is 5.49. The van der Waals surface area contributed by atoms with Gasteiger partial charge in [0.1, 0.15) is 5.76 Å². The van der Waals surface area contributed by atoms with Crippen molar-refractivity contribution in [3.63, 3.8) is 0 Å². The van der Waals surface area contributed by atoms with Gasteiger partial charge in [-0.3, -0.25) is 4.90 Å². The lowest BCUT2D eigenvalue weighted by molar-refractivity contribution is -0.00877. The van der Waals surface area contributed by atoms with Crippen LogP contribution in [0.1, 0.15) is 41.6 Å². The number of aliphatic hydroxyl groups is 1. The Morgan fingerprint density at radius 3 is 2.74 bits per heavy atom. The normalized spacial score (nSPS) is 19.4. The minimum Gasteiger partial charge on any atom is -0.463 e. The number of hydrogen-bond acceptors (Lipinski definition) is 5. The van der Waals surface area contributed by atoms with E-state index in [1.165, 1.54) is 7.11 Å². The summed E-state index contributed by atoms with van der Waals surface area (Å²) in [7, 11) is 1.34. The van der Waals surface area contributed by atoms with Crippen LogP contribution in [-0.4, -0.2) is 41.8 Å². The van der Waals surface area contributed by atoms with Crippen molar-refractivity contribution in [1.29, 1.82) is 0 Å². The molecule has 5 nitrogen and oxygen atoms in total. The number of nitrogens with zero attached hydrogens (tertiary/aromatic N) is 1. The minimum absolute atomic E-state index is 0.279. The van der Waals surface area contributed by atoms with Crippen LogP contribution in [0.4, 0.5) is 0 Å². The largest absolute Gasteiger partial charge is 0.463 e. The van der Waals surface area contributed by atoms with Crippen LogP contribution in [0.2, 0.25) is 0 Å². The molecular weight excluding hydrogens is 246 g/mol. The highest BCUT2D eigenvalue weighted by Gasteiger charge is 2.28. The molecule has 1 aromatic heterocycles. The fourth-order valence-electron chi connectivity index (χ4n) is 2.33. The summed E-state index contributed by atoms with van der Waals surface area (Å²) < 4.78 is 10.2. The molecule has 2 rings (SSSR count). The number of methoxy groups -OCH3 is 1. The van der Waals surface area contributed by atoms with Crippen LogP contribution in [-0.2, 0) is 11.3 Å². The molecule has 1 aliphatic heterocycles. The van der Waals surface area contributed by atoms with E-state index >= 15 is 0 Å². The number of aryl methyl sites for hydroxylation is 1. The van der Waals surface area contributed by atoms with Gasteiger partial charge in [-0.2, -0.15) is 0 Å². The lowest BCUT2D eigenvalue weighted by Crippen LogP contribution is -2.41. The second-order valence-corrected chi connectivity index (χ2v) is 5.49. The van der Waals surface area contributed by atoms with Crippen molar-refractivity contribution >= 4 is 5.97 Å². The van der Waals surface area contributed by atoms with Gasteiger partial charge in [0.25, 0.3) is 0 Å². The van der Waals surface area contributed by atoms with Crippen LogP contribution in [0.15, 0.2) is 10.5 Å². The Hall–Kier alpha value is -1.33. The molecule has 1 aliphatic rings. The molecule has 0 unspecified atom stereocenters. The van der Waals surface area contributed by atoms with Gasteiger partial charge in [-0.15, -0.1) is 0 Å². The van der Waals surface area contributed by atoms with Crippen molar-refractivity contribution in [1.82, 2.24) is 4.90 Å². The van der Waals surface area contributed by atoms with Gasteiger partial charge >= 0.3 is 5.97 Å². The van der Waals surface area contributed by atoms with E-state index in [1.54, 1.807) is 0 Å². The molecule has 0 amide bonds. The fraction of sp³-hybridized carbons (Fsp3) is 0.643. The maximum absolute atomic E-state index is 11.5. The number of esters is 1. The maximum atomic E-state index is 11.5. The molecule has 0 spiro atoms. The first kappa shape index (κ1) is 14.1. The van der Waals surface area contributed by atoms with Crippen molar-refractivity contribution in [2.75, 3.05) is 20.2 Å². The first-order valence-electron chi connectivity index (χ1n) is 6.54. The Balaban J connectivity index is 1.99. The first-order valence-corrected chi connectivity index (χ1v) is 6.54. The summed E-state index contributed by atoms with van der Waals surface area (Å²) in [6.45, 7) is 6.03. The van der Waals surface area contributed by atoms with E-state index in [-0.39, 0.29) is 5.76 Å². The number of furan rings is 1. The quantitative estimate of drug-likeness (QED) is 0.845. The summed E-state index contributed by atoms with van der Waals surface area (Å²) in [6, 6.07) is 1.87. The SMILES string of the molecule is COC(=O)c1oc(CN2CCC(C)(O)CC2)cc1C. The monoisotopic (exact) mass is 267 g/mol. The Morgan fingerprint density at radius 2 is 2.16 bits per heavy atom. The molecule has 19 heavy (non-hydrogen) atoms. The molecule has 5 heteroatoms. The zero-order valence-corrected chi connectivity index (χ0v) is 11.7. The Kier molecular flexibility index (Phi) is 3.96. The Bertz CT molecular complexity index is 454. The smallest absolute Gasteiger partial charge is 0.374 e. The van der Waals surface area contributed by atoms with Gasteiger partial charge in [-0.05, 0) is 32.8 Å². The highest BCUT2D eigenvalue weighted by atomic mass is 16.5. The predicted octanol–water partition coefficient (Wildman–Crippen LogP) is 1.72. The highest BCUT2D eigenvalue weighted by molar-refractivity contribution is 5.87. The number of carbonyl (C=O) groups is 1. The van der Waals surface area contributed by atoms with E-state index in [0.717, 1.165) is 37.3 Å².